The van der Waals surface area contributed by atoms with Crippen LogP contribution < -0.4 is 11.5 Å². The molecule has 0 bridgehead atoms. The van der Waals surface area contributed by atoms with Crippen LogP contribution in [0.4, 0.5) is 0 Å². The average molecular weight is 524 g/mol. The second kappa shape index (κ2) is 12.6. The Morgan fingerprint density at radius 1 is 0.676 bits per heavy atom. The highest BCUT2D eigenvalue weighted by Gasteiger charge is 2.12. The molecule has 5 rings (SSSR count). The van der Waals surface area contributed by atoms with Gasteiger partial charge in [0.1, 0.15) is 26.3 Å². The van der Waals surface area contributed by atoms with Gasteiger partial charge in [0.15, 0.2) is 9.66 Å². The number of thiazole rings is 2. The van der Waals surface area contributed by atoms with E-state index >= 15 is 0 Å². The highest BCUT2D eigenvalue weighted by molar-refractivity contribution is 7.89. The van der Waals surface area contributed by atoms with E-state index in [1.807, 2.05) is 24.3 Å². The van der Waals surface area contributed by atoms with E-state index in [-0.39, 0.29) is 9.98 Å². The summed E-state index contributed by atoms with van der Waals surface area (Å²) in [6, 6.07) is 11.2. The van der Waals surface area contributed by atoms with Crippen LogP contribution in [-0.4, -0.2) is 41.2 Å². The number of aromatic nitrogens is 5. The van der Waals surface area contributed by atoms with E-state index in [1.54, 1.807) is 72.0 Å². The van der Waals surface area contributed by atoms with Gasteiger partial charge in [0.25, 0.3) is 0 Å². The van der Waals surface area contributed by atoms with Crippen LogP contribution in [0.25, 0.3) is 30.8 Å². The van der Waals surface area contributed by atoms with Gasteiger partial charge in [-0.2, -0.15) is 0 Å². The Kier molecular flexibility index (Phi) is 9.29. The van der Waals surface area contributed by atoms with Gasteiger partial charge in [-0.3, -0.25) is 19.7 Å². The molecule has 0 aliphatic carbocycles. The normalized spacial score (nSPS) is 9.76. The Morgan fingerprint density at radius 2 is 1.03 bits per heavy atom. The lowest BCUT2D eigenvalue weighted by Gasteiger charge is -1.94. The zero-order valence-corrected chi connectivity index (χ0v) is 20.7. The van der Waals surface area contributed by atoms with Crippen molar-refractivity contribution in [3.05, 3.63) is 79.1 Å². The fourth-order valence-corrected chi connectivity index (χ4v) is 4.37. The molecule has 34 heavy (non-hydrogen) atoms. The quantitative estimate of drug-likeness (QED) is 0.260. The van der Waals surface area contributed by atoms with Gasteiger partial charge in [0.05, 0.1) is 0 Å². The molecule has 4 N–H and O–H groups in total. The minimum Gasteiger partial charge on any atom is -0.388 e. The summed E-state index contributed by atoms with van der Waals surface area (Å²) in [7, 11) is 0. The number of nitrogens with two attached hydrogens (primary N) is 2. The number of thiocarbonyl (C=S) groups is 2. The first-order chi connectivity index (χ1) is 16.5. The van der Waals surface area contributed by atoms with Crippen LogP contribution in [-0.2, 0) is 0 Å². The number of hydrogen-bond donors (Lipinski definition) is 2. The van der Waals surface area contributed by atoms with Gasteiger partial charge < -0.3 is 11.5 Å². The van der Waals surface area contributed by atoms with Crippen LogP contribution >= 0.6 is 47.1 Å². The minimum absolute atomic E-state index is 0.102. The number of pyridine rings is 3. The maximum absolute atomic E-state index is 9.98. The molecule has 0 aliphatic heterocycles. The van der Waals surface area contributed by atoms with Crippen molar-refractivity contribution in [2.24, 2.45) is 11.5 Å². The fourth-order valence-electron chi connectivity index (χ4n) is 2.32. The van der Waals surface area contributed by atoms with E-state index in [9.17, 15) is 4.79 Å². The number of rotatable bonds is 3. The third kappa shape index (κ3) is 7.22. The Bertz CT molecular complexity index is 1260. The van der Waals surface area contributed by atoms with Gasteiger partial charge in [-0.05, 0) is 36.4 Å². The van der Waals surface area contributed by atoms with Gasteiger partial charge in [-0.25, -0.2) is 9.97 Å². The molecule has 0 amide bonds. The van der Waals surface area contributed by atoms with Crippen molar-refractivity contribution in [3.63, 3.8) is 0 Å². The van der Waals surface area contributed by atoms with Crippen LogP contribution in [0, 0.1) is 0 Å². The van der Waals surface area contributed by atoms with E-state index in [0.29, 0.717) is 5.56 Å². The molecule has 0 saturated carbocycles. The summed E-state index contributed by atoms with van der Waals surface area (Å²) >= 11 is 11.9. The van der Waals surface area contributed by atoms with Crippen molar-refractivity contribution in [2.75, 3.05) is 0 Å². The van der Waals surface area contributed by atoms with Gasteiger partial charge in [-0.15, -0.1) is 0 Å². The van der Waals surface area contributed by atoms with E-state index < -0.39 is 0 Å². The molecule has 0 atom stereocenters. The Hall–Kier alpha value is -3.58. The van der Waals surface area contributed by atoms with Gasteiger partial charge in [0, 0.05) is 53.9 Å². The summed E-state index contributed by atoms with van der Waals surface area (Å²) in [4.78, 5) is 33.2. The predicted octanol–water partition coefficient (Wildman–Crippen LogP) is 4.33. The molecule has 0 aromatic carbocycles. The second-order valence-electron chi connectivity index (χ2n) is 6.25. The second-order valence-corrected chi connectivity index (χ2v) is 9.08. The smallest absolute Gasteiger partial charge is 0.155 e. The zero-order valence-electron chi connectivity index (χ0n) is 17.4. The van der Waals surface area contributed by atoms with Crippen LogP contribution in [0.2, 0.25) is 0 Å². The molecule has 0 fully saturated rings. The minimum atomic E-state index is 0.102. The summed E-state index contributed by atoms with van der Waals surface area (Å²) in [6.45, 7) is 0. The predicted molar refractivity (Wildman–Crippen MR) is 145 cm³/mol. The number of aldehydes is 1. The average Bonchev–Trinajstić information content (AvgIpc) is 3.46. The lowest BCUT2D eigenvalue weighted by Crippen LogP contribution is -2.26. The lowest BCUT2D eigenvalue weighted by molar-refractivity contribution is 0.112. The first-order valence-corrected chi connectivity index (χ1v) is 12.0. The number of carbonyl (C=O) groups is 1. The molecule has 8 nitrogen and oxygen atoms in total. The summed E-state index contributed by atoms with van der Waals surface area (Å²) in [6.07, 6.45) is 11.1. The molecular weight excluding hydrogens is 507 g/mol. The third-order valence-electron chi connectivity index (χ3n) is 3.92. The molecule has 12 heteroatoms. The zero-order chi connectivity index (χ0) is 24.3. The van der Waals surface area contributed by atoms with E-state index in [2.05, 4.69) is 49.4 Å². The first-order valence-electron chi connectivity index (χ1n) is 9.50. The van der Waals surface area contributed by atoms with Gasteiger partial charge >= 0.3 is 0 Å². The number of fused-ring (bicyclic) bond motifs is 1. The topological polar surface area (TPSA) is 134 Å². The molecule has 0 spiro atoms. The van der Waals surface area contributed by atoms with Crippen molar-refractivity contribution >= 4 is 73.0 Å². The summed E-state index contributed by atoms with van der Waals surface area (Å²) in [5, 5.41) is 1.98. The molecular formula is C22H17N7OS4. The van der Waals surface area contributed by atoms with Crippen molar-refractivity contribution in [1.82, 2.24) is 24.9 Å². The van der Waals surface area contributed by atoms with Crippen LogP contribution in [0.15, 0.2) is 73.6 Å². The summed E-state index contributed by atoms with van der Waals surface area (Å²) in [5.41, 5.74) is 12.6. The van der Waals surface area contributed by atoms with E-state index in [1.165, 1.54) is 0 Å². The number of hydrogen-bond acceptors (Lipinski definition) is 10. The maximum Gasteiger partial charge on any atom is 0.155 e. The molecule has 5 aromatic heterocycles. The Balaban J connectivity index is 0.000000192. The Morgan fingerprint density at radius 3 is 1.32 bits per heavy atom. The van der Waals surface area contributed by atoms with Gasteiger partial charge in [-0.1, -0.05) is 47.1 Å². The fraction of sp³-hybridized carbons (Fsp3) is 0. The highest BCUT2D eigenvalue weighted by atomic mass is 32.1. The molecule has 0 unspecified atom stereocenters. The number of carbonyl (C=O) groups excluding carboxylic acids is 1. The molecule has 0 radical (unpaired) electrons. The van der Waals surface area contributed by atoms with Gasteiger partial charge in [0.2, 0.25) is 0 Å². The SMILES string of the molecule is NC(=S)C(N)=S.O=Cc1ccncc1.c1cc(-c2nc3sc(-c4ccncc4)nc3s2)ccn1. The Labute approximate surface area is 213 Å². The molecule has 0 saturated heterocycles. The van der Waals surface area contributed by atoms with E-state index in [0.717, 1.165) is 37.1 Å². The van der Waals surface area contributed by atoms with Crippen LogP contribution in [0.1, 0.15) is 10.4 Å². The highest BCUT2D eigenvalue weighted by Crippen LogP contribution is 2.36. The lowest BCUT2D eigenvalue weighted by atomic mass is 10.3. The summed E-state index contributed by atoms with van der Waals surface area (Å²) in [5.74, 6) is 0. The number of nitrogens with zero attached hydrogens (tertiary/aromatic N) is 5. The maximum atomic E-state index is 9.98. The van der Waals surface area contributed by atoms with Crippen molar-refractivity contribution in [1.29, 1.82) is 0 Å². The molecule has 5 aromatic rings. The monoisotopic (exact) mass is 523 g/mol. The van der Waals surface area contributed by atoms with Crippen LogP contribution in [0.5, 0.6) is 0 Å². The molecule has 0 aliphatic rings. The van der Waals surface area contributed by atoms with E-state index in [4.69, 9.17) is 11.5 Å². The largest absolute Gasteiger partial charge is 0.388 e. The van der Waals surface area contributed by atoms with Crippen molar-refractivity contribution < 1.29 is 4.79 Å². The van der Waals surface area contributed by atoms with Crippen molar-refractivity contribution in [2.45, 2.75) is 0 Å². The molecule has 170 valence electrons. The standard InChI is InChI=1S/C14H8N4S2.C6H5NO.C2H4N2S2/c1-5-15-6-2-9(1)11-17-13-14(19-11)18-12(20-13)10-3-7-16-8-4-10;8-5-6-1-3-7-4-2-6;3-1(5)2(4)6/h1-8H;1-5H;(H2,3,5)(H2,4,6). The van der Waals surface area contributed by atoms with Crippen molar-refractivity contribution in [3.8, 4) is 21.1 Å². The summed E-state index contributed by atoms with van der Waals surface area (Å²) < 4.78 is 0. The third-order valence-corrected chi connectivity index (χ3v) is 6.61. The molecule has 5 heterocycles. The first kappa shape index (κ1) is 25.1. The van der Waals surface area contributed by atoms with Crippen LogP contribution in [0.3, 0.4) is 0 Å².